The number of unbranched alkanes of at least 4 members (excludes halogenated alkanes) is 1. The number of benzene rings is 2. The second kappa shape index (κ2) is 9.39. The minimum absolute atomic E-state index is 0.195. The van der Waals surface area contributed by atoms with Gasteiger partial charge in [0, 0.05) is 24.2 Å². The zero-order valence-electron chi connectivity index (χ0n) is 15.6. The predicted octanol–water partition coefficient (Wildman–Crippen LogP) is 3.89. The lowest BCUT2D eigenvalue weighted by Crippen LogP contribution is -2.30. The Labute approximate surface area is 159 Å². The van der Waals surface area contributed by atoms with Gasteiger partial charge in [-0.3, -0.25) is 0 Å². The summed E-state index contributed by atoms with van der Waals surface area (Å²) in [5.41, 5.74) is 1.77. The first-order chi connectivity index (χ1) is 13.2. The van der Waals surface area contributed by atoms with Gasteiger partial charge in [-0.05, 0) is 49.2 Å². The van der Waals surface area contributed by atoms with Crippen LogP contribution in [0.2, 0.25) is 0 Å². The van der Waals surface area contributed by atoms with Crippen LogP contribution in [0.25, 0.3) is 0 Å². The lowest BCUT2D eigenvalue weighted by atomic mass is 9.99. The molecule has 27 heavy (non-hydrogen) atoms. The molecule has 0 unspecified atom stereocenters. The largest absolute Gasteiger partial charge is 0.497 e. The third kappa shape index (κ3) is 5.21. The fraction of sp³-hybridized carbons (Fsp3) is 0.381. The van der Waals surface area contributed by atoms with Crippen LogP contribution in [0.1, 0.15) is 24.8 Å². The Morgan fingerprint density at radius 1 is 1.04 bits per heavy atom. The molecule has 2 N–H and O–H groups in total. The molecule has 1 saturated heterocycles. The van der Waals surface area contributed by atoms with Crippen molar-refractivity contribution < 1.29 is 19.0 Å². The highest BCUT2D eigenvalue weighted by molar-refractivity contribution is 5.89. The van der Waals surface area contributed by atoms with Crippen molar-refractivity contribution >= 4 is 11.7 Å². The van der Waals surface area contributed by atoms with Gasteiger partial charge >= 0.3 is 6.03 Å². The molecule has 6 heteroatoms. The third-order valence-electron chi connectivity index (χ3n) is 4.53. The van der Waals surface area contributed by atoms with E-state index in [4.69, 9.17) is 14.2 Å². The second-order valence-electron chi connectivity index (χ2n) is 6.38. The molecule has 0 aliphatic carbocycles. The molecule has 0 aromatic heterocycles. The molecule has 0 spiro atoms. The van der Waals surface area contributed by atoms with Gasteiger partial charge in [0.1, 0.15) is 5.75 Å². The molecular weight excluding hydrogens is 344 g/mol. The van der Waals surface area contributed by atoms with Gasteiger partial charge in [0.25, 0.3) is 0 Å². The summed E-state index contributed by atoms with van der Waals surface area (Å²) in [7, 11) is 1.65. The maximum atomic E-state index is 11.9. The highest BCUT2D eigenvalue weighted by Crippen LogP contribution is 2.37. The van der Waals surface area contributed by atoms with Gasteiger partial charge in [-0.1, -0.05) is 18.2 Å². The van der Waals surface area contributed by atoms with E-state index in [1.54, 1.807) is 7.11 Å². The molecule has 1 aliphatic rings. The van der Waals surface area contributed by atoms with E-state index in [0.29, 0.717) is 19.8 Å². The number of anilines is 1. The van der Waals surface area contributed by atoms with Gasteiger partial charge in [-0.2, -0.15) is 0 Å². The zero-order valence-corrected chi connectivity index (χ0v) is 15.6. The van der Waals surface area contributed by atoms with E-state index in [1.807, 2.05) is 54.6 Å². The summed E-state index contributed by atoms with van der Waals surface area (Å²) in [4.78, 5) is 11.9. The average Bonchev–Trinajstić information content (AvgIpc) is 3.18. The number of rotatable bonds is 8. The van der Waals surface area contributed by atoms with Gasteiger partial charge in [0.15, 0.2) is 5.79 Å². The van der Waals surface area contributed by atoms with E-state index in [-0.39, 0.29) is 6.03 Å². The molecule has 1 aliphatic heterocycles. The van der Waals surface area contributed by atoms with Gasteiger partial charge in [0.2, 0.25) is 0 Å². The number of urea groups is 1. The Bertz CT molecular complexity index is 713. The summed E-state index contributed by atoms with van der Waals surface area (Å²) in [5, 5.41) is 5.68. The molecule has 2 aromatic rings. The van der Waals surface area contributed by atoms with Crippen LogP contribution in [-0.4, -0.2) is 32.9 Å². The fourth-order valence-corrected chi connectivity index (χ4v) is 3.14. The van der Waals surface area contributed by atoms with E-state index < -0.39 is 5.79 Å². The van der Waals surface area contributed by atoms with Crippen molar-refractivity contribution in [3.05, 3.63) is 60.2 Å². The minimum Gasteiger partial charge on any atom is -0.497 e. The molecule has 0 radical (unpaired) electrons. The van der Waals surface area contributed by atoms with Crippen molar-refractivity contribution in [2.24, 2.45) is 0 Å². The van der Waals surface area contributed by atoms with Gasteiger partial charge in [0.05, 0.1) is 20.3 Å². The smallest absolute Gasteiger partial charge is 0.319 e. The fourth-order valence-electron chi connectivity index (χ4n) is 3.14. The maximum absolute atomic E-state index is 11.9. The standard InChI is InChI=1S/C21H26N2O4/c1-25-19-11-9-17(10-12-19)21(26-15-16-27-21)13-5-6-14-22-20(24)23-18-7-3-2-4-8-18/h2-4,7-12H,5-6,13-16H2,1H3,(H2,22,23,24). The van der Waals surface area contributed by atoms with E-state index in [2.05, 4.69) is 10.6 Å². The first kappa shape index (κ1) is 19.2. The van der Waals surface area contributed by atoms with E-state index in [1.165, 1.54) is 0 Å². The first-order valence-electron chi connectivity index (χ1n) is 9.24. The number of hydrogen-bond donors (Lipinski definition) is 2. The van der Waals surface area contributed by atoms with Crippen LogP contribution in [0.3, 0.4) is 0 Å². The summed E-state index contributed by atoms with van der Waals surface area (Å²) in [6, 6.07) is 17.0. The van der Waals surface area contributed by atoms with Crippen LogP contribution < -0.4 is 15.4 Å². The lowest BCUT2D eigenvalue weighted by Gasteiger charge is -2.28. The van der Waals surface area contributed by atoms with Crippen molar-refractivity contribution in [3.63, 3.8) is 0 Å². The molecule has 0 bridgehead atoms. The van der Waals surface area contributed by atoms with Crippen LogP contribution in [0.4, 0.5) is 10.5 Å². The highest BCUT2D eigenvalue weighted by atomic mass is 16.7. The van der Waals surface area contributed by atoms with Crippen LogP contribution in [0.5, 0.6) is 5.75 Å². The maximum Gasteiger partial charge on any atom is 0.319 e. The number of methoxy groups -OCH3 is 1. The highest BCUT2D eigenvalue weighted by Gasteiger charge is 2.37. The summed E-state index contributed by atoms with van der Waals surface area (Å²) in [6.07, 6.45) is 2.45. The van der Waals surface area contributed by atoms with Crippen LogP contribution in [0.15, 0.2) is 54.6 Å². The van der Waals surface area contributed by atoms with Crippen molar-refractivity contribution in [3.8, 4) is 5.75 Å². The quantitative estimate of drug-likeness (QED) is 0.692. The van der Waals surface area contributed by atoms with Crippen LogP contribution >= 0.6 is 0 Å². The van der Waals surface area contributed by atoms with E-state index in [9.17, 15) is 4.79 Å². The second-order valence-corrected chi connectivity index (χ2v) is 6.38. The number of nitrogens with one attached hydrogen (secondary N) is 2. The lowest BCUT2D eigenvalue weighted by molar-refractivity contribution is -0.171. The third-order valence-corrected chi connectivity index (χ3v) is 4.53. The zero-order chi connectivity index (χ0) is 19.0. The van der Waals surface area contributed by atoms with Gasteiger partial charge < -0.3 is 24.8 Å². The predicted molar refractivity (Wildman–Crippen MR) is 104 cm³/mol. The Morgan fingerprint density at radius 3 is 2.41 bits per heavy atom. The number of ether oxygens (including phenoxy) is 3. The molecule has 2 aromatic carbocycles. The summed E-state index contributed by atoms with van der Waals surface area (Å²) in [5.74, 6) is 0.110. The number of para-hydroxylation sites is 1. The van der Waals surface area contributed by atoms with Crippen LogP contribution in [0, 0.1) is 0 Å². The molecule has 6 nitrogen and oxygen atoms in total. The molecule has 2 amide bonds. The molecular formula is C21H26N2O4. The first-order valence-corrected chi connectivity index (χ1v) is 9.24. The molecule has 3 rings (SSSR count). The Balaban J connectivity index is 1.44. The van der Waals surface area contributed by atoms with Gasteiger partial charge in [-0.15, -0.1) is 0 Å². The Morgan fingerprint density at radius 2 is 1.74 bits per heavy atom. The molecule has 1 fully saturated rings. The summed E-state index contributed by atoms with van der Waals surface area (Å²) in [6.45, 7) is 1.77. The van der Waals surface area contributed by atoms with Crippen LogP contribution in [-0.2, 0) is 15.3 Å². The average molecular weight is 370 g/mol. The normalized spacial score (nSPS) is 15.3. The molecule has 1 heterocycles. The van der Waals surface area contributed by atoms with Crippen molar-refractivity contribution in [2.75, 3.05) is 32.2 Å². The minimum atomic E-state index is -0.696. The number of hydrogen-bond acceptors (Lipinski definition) is 4. The topological polar surface area (TPSA) is 68.8 Å². The van der Waals surface area contributed by atoms with E-state index >= 15 is 0 Å². The number of amides is 2. The van der Waals surface area contributed by atoms with E-state index in [0.717, 1.165) is 36.3 Å². The SMILES string of the molecule is COc1ccc(C2(CCCCNC(=O)Nc3ccccc3)OCCO2)cc1. The molecule has 0 saturated carbocycles. The van der Waals surface area contributed by atoms with Gasteiger partial charge in [-0.25, -0.2) is 4.79 Å². The van der Waals surface area contributed by atoms with Crippen molar-refractivity contribution in [1.29, 1.82) is 0 Å². The number of carbonyl (C=O) groups excluding carboxylic acids is 1. The summed E-state index contributed by atoms with van der Waals surface area (Å²) < 4.78 is 17.1. The number of carbonyl (C=O) groups is 1. The van der Waals surface area contributed by atoms with Crippen molar-refractivity contribution in [2.45, 2.75) is 25.0 Å². The summed E-state index contributed by atoms with van der Waals surface area (Å²) >= 11 is 0. The Hall–Kier alpha value is -2.57. The Kier molecular flexibility index (Phi) is 6.68. The molecule has 144 valence electrons. The van der Waals surface area contributed by atoms with Crippen molar-refractivity contribution in [1.82, 2.24) is 5.32 Å². The molecule has 0 atom stereocenters. The monoisotopic (exact) mass is 370 g/mol.